The van der Waals surface area contributed by atoms with Crippen molar-refractivity contribution in [2.75, 3.05) is 24.8 Å². The lowest BCUT2D eigenvalue weighted by Gasteiger charge is -2.21. The first-order valence-electron chi connectivity index (χ1n) is 10.0. The Bertz CT molecular complexity index is 1180. The van der Waals surface area contributed by atoms with Crippen LogP contribution in [0.25, 0.3) is 11.4 Å². The molecule has 0 saturated heterocycles. The van der Waals surface area contributed by atoms with Crippen molar-refractivity contribution in [3.8, 4) is 17.1 Å². The topological polar surface area (TPSA) is 156 Å². The van der Waals surface area contributed by atoms with Crippen molar-refractivity contribution in [3.63, 3.8) is 0 Å². The van der Waals surface area contributed by atoms with E-state index in [1.807, 2.05) is 23.5 Å². The van der Waals surface area contributed by atoms with E-state index in [9.17, 15) is 9.59 Å². The maximum Gasteiger partial charge on any atom is 0.320 e. The Hall–Kier alpha value is -4.03. The molecule has 0 radical (unpaired) electrons. The van der Waals surface area contributed by atoms with Crippen LogP contribution >= 0.6 is 0 Å². The maximum atomic E-state index is 12.9. The number of amides is 3. The number of carbonyl (C=O) groups is 2. The lowest BCUT2D eigenvalue weighted by atomic mass is 9.49. The molecule has 0 saturated carbocycles. The van der Waals surface area contributed by atoms with Gasteiger partial charge in [-0.2, -0.15) is 4.98 Å². The second-order valence-corrected chi connectivity index (χ2v) is 8.05. The molecule has 0 aliphatic carbocycles. The Kier molecular flexibility index (Phi) is 6.90. The Morgan fingerprint density at radius 2 is 1.91 bits per heavy atom. The van der Waals surface area contributed by atoms with Gasteiger partial charge in [0.15, 0.2) is 17.3 Å². The van der Waals surface area contributed by atoms with Gasteiger partial charge in [-0.05, 0) is 17.4 Å². The quantitative estimate of drug-likeness (QED) is 0.319. The summed E-state index contributed by atoms with van der Waals surface area (Å²) in [7, 11) is 8.54. The molecule has 2 heterocycles. The summed E-state index contributed by atoms with van der Waals surface area (Å²) in [6, 6.07) is 6.34. The fourth-order valence-corrected chi connectivity index (χ4v) is 2.88. The smallest absolute Gasteiger partial charge is 0.320 e. The number of rotatable bonds is 7. The minimum Gasteiger partial charge on any atom is -0.494 e. The van der Waals surface area contributed by atoms with Gasteiger partial charge in [0.25, 0.3) is 5.91 Å². The van der Waals surface area contributed by atoms with Crippen LogP contribution in [0.3, 0.4) is 0 Å². The summed E-state index contributed by atoms with van der Waals surface area (Å²) in [5, 5.41) is 22.4. The van der Waals surface area contributed by atoms with Gasteiger partial charge in [0.2, 0.25) is 11.7 Å². The summed E-state index contributed by atoms with van der Waals surface area (Å²) >= 11 is 0. The molecule has 12 nitrogen and oxygen atoms in total. The number of benzene rings is 1. The van der Waals surface area contributed by atoms with Crippen molar-refractivity contribution < 1.29 is 18.8 Å². The highest BCUT2D eigenvalue weighted by Crippen LogP contribution is 2.37. The average Bonchev–Trinajstić information content (AvgIpc) is 3.18. The average molecular weight is 448 g/mol. The zero-order valence-electron chi connectivity index (χ0n) is 19.2. The zero-order chi connectivity index (χ0) is 24.2. The molecular weight excluding hydrogens is 425 g/mol. The molecule has 2 aromatic heterocycles. The maximum absolute atomic E-state index is 12.9. The van der Waals surface area contributed by atoms with E-state index < -0.39 is 17.2 Å². The molecule has 3 amide bonds. The standard InChI is InChI=1S/C18H23B3N8O4/c1-8-23-15(29-33-8)9-5-4-6-10(14(9)32-3)24-11-7-12(25-17(31)22-2)27-28-13(11)16(30)26-18(19,20)21/h4-7H,19-21H2,1-3H3,(H,26,30)(H3,22,24,25,27,31). The molecular formula is C18H23B3N8O4. The number of ether oxygens (including phenoxy) is 1. The molecule has 168 valence electrons. The van der Waals surface area contributed by atoms with E-state index in [0.29, 0.717) is 34.4 Å². The van der Waals surface area contributed by atoms with Crippen LogP contribution in [0.15, 0.2) is 28.8 Å². The number of urea groups is 1. The van der Waals surface area contributed by atoms with E-state index in [-0.39, 0.29) is 11.5 Å². The molecule has 15 heteroatoms. The molecule has 0 aliphatic rings. The van der Waals surface area contributed by atoms with Crippen LogP contribution in [0.2, 0.25) is 0 Å². The number of nitrogens with one attached hydrogen (secondary N) is 4. The van der Waals surface area contributed by atoms with Gasteiger partial charge in [-0.25, -0.2) is 4.79 Å². The summed E-state index contributed by atoms with van der Waals surface area (Å²) in [4.78, 5) is 28.9. The van der Waals surface area contributed by atoms with Gasteiger partial charge in [-0.3, -0.25) is 10.1 Å². The number of aryl methyl sites for hydroxylation is 1. The molecule has 0 unspecified atom stereocenters. The Morgan fingerprint density at radius 3 is 2.52 bits per heavy atom. The Labute approximate surface area is 192 Å². The molecule has 0 aliphatic heterocycles. The van der Waals surface area contributed by atoms with Gasteiger partial charge in [0.1, 0.15) is 23.5 Å². The van der Waals surface area contributed by atoms with Crippen LogP contribution in [0.4, 0.5) is 22.0 Å². The minimum absolute atomic E-state index is 0.0373. The van der Waals surface area contributed by atoms with E-state index in [2.05, 4.69) is 41.6 Å². The molecule has 33 heavy (non-hydrogen) atoms. The van der Waals surface area contributed by atoms with Gasteiger partial charge >= 0.3 is 6.03 Å². The van der Waals surface area contributed by atoms with Crippen molar-refractivity contribution in [2.24, 2.45) is 0 Å². The highest BCUT2D eigenvalue weighted by molar-refractivity contribution is 6.60. The number of hydrogen-bond donors (Lipinski definition) is 4. The second-order valence-electron chi connectivity index (χ2n) is 8.05. The van der Waals surface area contributed by atoms with E-state index in [0.717, 1.165) is 0 Å². The van der Waals surface area contributed by atoms with Crippen molar-refractivity contribution in [2.45, 2.75) is 12.2 Å². The summed E-state index contributed by atoms with van der Waals surface area (Å²) in [5.74, 6) is 0.905. The minimum atomic E-state index is -0.497. The first-order valence-corrected chi connectivity index (χ1v) is 10.0. The predicted molar refractivity (Wildman–Crippen MR) is 130 cm³/mol. The SMILES string of the molecule is BC(B)(B)NC(=O)c1nnc(NC(=O)NC)cc1Nc1cccc(-c2noc(C)n2)c1OC. The highest BCUT2D eigenvalue weighted by Gasteiger charge is 2.23. The Balaban J connectivity index is 2.06. The molecule has 0 spiro atoms. The number of hydrogen-bond acceptors (Lipinski definition) is 9. The Morgan fingerprint density at radius 1 is 1.15 bits per heavy atom. The third-order valence-corrected chi connectivity index (χ3v) is 4.22. The van der Waals surface area contributed by atoms with Crippen molar-refractivity contribution in [1.82, 2.24) is 31.0 Å². The highest BCUT2D eigenvalue weighted by atomic mass is 16.5. The van der Waals surface area contributed by atoms with Gasteiger partial charge in [0.05, 0.1) is 24.0 Å². The number of carbonyl (C=O) groups excluding carboxylic acids is 2. The fourth-order valence-electron chi connectivity index (χ4n) is 2.88. The molecule has 1 aromatic carbocycles. The van der Waals surface area contributed by atoms with E-state index in [1.165, 1.54) is 20.2 Å². The molecule has 4 N–H and O–H groups in total. The summed E-state index contributed by atoms with van der Waals surface area (Å²) in [6.45, 7) is 1.69. The van der Waals surface area contributed by atoms with Gasteiger partial charge in [0, 0.05) is 20.0 Å². The number of para-hydroxylation sites is 1. The van der Waals surface area contributed by atoms with Gasteiger partial charge in [-0.15, -0.1) is 10.2 Å². The van der Waals surface area contributed by atoms with Gasteiger partial charge in [-0.1, -0.05) is 11.2 Å². The number of methoxy groups -OCH3 is 1. The number of anilines is 3. The molecule has 3 aromatic rings. The van der Waals surface area contributed by atoms with Crippen molar-refractivity contribution >= 4 is 52.7 Å². The zero-order valence-corrected chi connectivity index (χ0v) is 19.2. The third-order valence-electron chi connectivity index (χ3n) is 4.22. The largest absolute Gasteiger partial charge is 0.494 e. The first kappa shape index (κ1) is 23.6. The lowest BCUT2D eigenvalue weighted by Crippen LogP contribution is -2.50. The van der Waals surface area contributed by atoms with Crippen LogP contribution in [0, 0.1) is 6.92 Å². The van der Waals surface area contributed by atoms with Crippen molar-refractivity contribution in [3.05, 3.63) is 35.9 Å². The van der Waals surface area contributed by atoms with Gasteiger partial charge < -0.3 is 25.2 Å². The molecule has 3 rings (SSSR count). The van der Waals surface area contributed by atoms with Crippen LogP contribution in [0.5, 0.6) is 5.75 Å². The van der Waals surface area contributed by atoms with Crippen LogP contribution in [-0.2, 0) is 0 Å². The third kappa shape index (κ3) is 5.81. The first-order chi connectivity index (χ1) is 15.6. The fraction of sp³-hybridized carbons (Fsp3) is 0.222. The summed E-state index contributed by atoms with van der Waals surface area (Å²) < 4.78 is 10.7. The summed E-state index contributed by atoms with van der Waals surface area (Å²) in [6.07, 6.45) is 0. The van der Waals surface area contributed by atoms with Crippen LogP contribution in [0.1, 0.15) is 16.4 Å². The number of nitrogens with zero attached hydrogens (tertiary/aromatic N) is 4. The monoisotopic (exact) mass is 448 g/mol. The summed E-state index contributed by atoms with van der Waals surface area (Å²) in [5.41, 5.74) is 1.44. The lowest BCUT2D eigenvalue weighted by molar-refractivity contribution is 0.0947. The second kappa shape index (κ2) is 9.63. The molecule has 0 fully saturated rings. The normalized spacial score (nSPS) is 10.9. The van der Waals surface area contributed by atoms with E-state index >= 15 is 0 Å². The molecule has 0 atom stereocenters. The van der Waals surface area contributed by atoms with E-state index in [1.54, 1.807) is 25.1 Å². The van der Waals surface area contributed by atoms with Crippen molar-refractivity contribution in [1.29, 1.82) is 0 Å². The van der Waals surface area contributed by atoms with Crippen LogP contribution < -0.4 is 26.0 Å². The predicted octanol–water partition coefficient (Wildman–Crippen LogP) is -1.42. The van der Waals surface area contributed by atoms with Crippen LogP contribution in [-0.4, -0.2) is 75.2 Å². The molecule has 0 bridgehead atoms. The van der Waals surface area contributed by atoms with E-state index in [4.69, 9.17) is 9.26 Å². The number of aromatic nitrogens is 4.